The maximum absolute atomic E-state index is 13.8. The molecule has 0 bridgehead atoms. The summed E-state index contributed by atoms with van der Waals surface area (Å²) < 4.78 is 151. The molecule has 1 fully saturated rings. The van der Waals surface area contributed by atoms with Gasteiger partial charge in [-0.1, -0.05) is 108 Å². The summed E-state index contributed by atoms with van der Waals surface area (Å²) in [6, 6.07) is 15.0. The number of hydrogen-bond donors (Lipinski definition) is 0. The van der Waals surface area contributed by atoms with E-state index in [1.54, 1.807) is 34.5 Å². The predicted molar refractivity (Wildman–Crippen MR) is 351 cm³/mol. The van der Waals surface area contributed by atoms with Gasteiger partial charge in [-0.2, -0.15) is 13.2 Å². The summed E-state index contributed by atoms with van der Waals surface area (Å²) in [7, 11) is 5.89. The number of alkyl halides is 3. The average molecular weight is 1460 g/mol. The van der Waals surface area contributed by atoms with E-state index in [9.17, 15) is 35.5 Å². The van der Waals surface area contributed by atoms with Crippen molar-refractivity contribution in [3.8, 4) is 11.5 Å². The van der Waals surface area contributed by atoms with Crippen molar-refractivity contribution < 1.29 is 85.5 Å². The Morgan fingerprint density at radius 3 is 1.24 bits per heavy atom. The number of benzene rings is 3. The molecule has 0 amide bonds. The van der Waals surface area contributed by atoms with Gasteiger partial charge in [0.2, 0.25) is 11.4 Å². The van der Waals surface area contributed by atoms with Crippen LogP contribution >= 0.6 is 94.5 Å². The standard InChI is InChI=1S/C17H14ClF7O2.C16H20O6P2S3.2C9H21O2PS3/c1-6-11(19)13(21)7(14(22)12(6)20)5-27-15(26)10-8(16(10,2)3)4-9(18)17(23,24)25;1-17-23(25,18-2)21-13-5-9-15(10-6-13)27-16-11-7-14(8-12-16)22-24(26,19-3)20-4;2*1-6-10-12(13,11-7-2)15-8-14-9(3,4)5/h4,8,10H,5H2,1-3H3;5-12H,1-4H3;2*6-8H2,1-5H3/b9-4-;;;. The molecule has 0 aromatic heterocycles. The Labute approximate surface area is 538 Å². The molecule has 1 saturated carbocycles. The van der Waals surface area contributed by atoms with Crippen molar-refractivity contribution >= 4 is 148 Å². The first-order chi connectivity index (χ1) is 38.7. The molecule has 2 atom stereocenters. The number of thioether (sulfide) groups is 2. The molecular formula is C51H76ClF7O12P4S9. The summed E-state index contributed by atoms with van der Waals surface area (Å²) >= 11 is 35.0. The summed E-state index contributed by atoms with van der Waals surface area (Å²) in [6.07, 6.45) is -4.11. The maximum Gasteiger partial charge on any atom is 0.426 e. The van der Waals surface area contributed by atoms with Gasteiger partial charge in [0.25, 0.3) is 0 Å². The van der Waals surface area contributed by atoms with Crippen LogP contribution < -0.4 is 9.05 Å². The highest BCUT2D eigenvalue weighted by molar-refractivity contribution is 8.70. The third-order valence-corrected chi connectivity index (χ3v) is 31.4. The number of carbonyl (C=O) groups excluding carboxylic acids is 1. The monoisotopic (exact) mass is 1460 g/mol. The average Bonchev–Trinajstić information content (AvgIpc) is 1.72. The van der Waals surface area contributed by atoms with Gasteiger partial charge in [-0.3, -0.25) is 4.79 Å². The largest absolute Gasteiger partial charge is 0.460 e. The Morgan fingerprint density at radius 2 is 0.952 bits per heavy atom. The highest BCUT2D eigenvalue weighted by Crippen LogP contribution is 2.64. The quantitative estimate of drug-likeness (QED) is 0.0225. The normalized spacial score (nSPS) is 15.6. The van der Waals surface area contributed by atoms with Crippen LogP contribution in [-0.4, -0.2) is 86.7 Å². The molecule has 0 spiro atoms. The first kappa shape index (κ1) is 82.3. The minimum atomic E-state index is -4.78. The van der Waals surface area contributed by atoms with Crippen LogP contribution in [0.4, 0.5) is 30.7 Å². The van der Waals surface area contributed by atoms with Crippen LogP contribution in [0.1, 0.15) is 94.2 Å². The summed E-state index contributed by atoms with van der Waals surface area (Å²) in [5.41, 5.74) is -7.08. The molecule has 2 unspecified atom stereocenters. The SMILES string of the molecule is CCOP(=S)(OCC)SCSC(C)(C)C.CCOP(=S)(OCC)SCSC(C)(C)C.COP(=S)(OC)Oc1ccc(Sc2ccc(OP(=S)(OC)OC)cc2)cc1.Cc1c(F)c(F)c(COC(=O)C2C(/C=C(\Cl)C(F)(F)F)C2(C)C)c(F)c1F. The molecule has 482 valence electrons. The Kier molecular flexibility index (Phi) is 37.0. The number of halogens is 8. The lowest BCUT2D eigenvalue weighted by atomic mass is 10.1. The highest BCUT2D eigenvalue weighted by Gasteiger charge is 2.62. The molecule has 0 saturated heterocycles. The molecule has 3 aromatic carbocycles. The zero-order chi connectivity index (χ0) is 64.7. The van der Waals surface area contributed by atoms with E-state index in [1.165, 1.54) is 42.3 Å². The van der Waals surface area contributed by atoms with Crippen molar-refractivity contribution in [1.82, 2.24) is 0 Å². The molecular weight excluding hydrogens is 1390 g/mol. The van der Waals surface area contributed by atoms with Gasteiger partial charge in [0.15, 0.2) is 23.3 Å². The lowest BCUT2D eigenvalue weighted by Crippen LogP contribution is -2.14. The molecule has 0 aliphatic heterocycles. The van der Waals surface area contributed by atoms with Crippen LogP contribution in [0.3, 0.4) is 0 Å². The Morgan fingerprint density at radius 1 is 0.619 bits per heavy atom. The van der Waals surface area contributed by atoms with Crippen LogP contribution in [0.15, 0.2) is 69.4 Å². The van der Waals surface area contributed by atoms with Crippen LogP contribution in [0.25, 0.3) is 0 Å². The third kappa shape index (κ3) is 29.7. The number of hydrogen-bond acceptors (Lipinski definition) is 21. The minimum absolute atomic E-state index is 0.269. The molecule has 84 heavy (non-hydrogen) atoms. The zero-order valence-electron chi connectivity index (χ0n) is 49.7. The van der Waals surface area contributed by atoms with E-state index in [1.807, 2.05) is 99.7 Å². The number of carbonyl (C=O) groups is 1. The second-order valence-corrected chi connectivity index (χ2v) is 44.0. The van der Waals surface area contributed by atoms with Gasteiger partial charge in [0.1, 0.15) is 23.1 Å². The Bertz CT molecular complexity index is 2580. The number of esters is 1. The number of allylic oxidation sites excluding steroid dienone is 2. The summed E-state index contributed by atoms with van der Waals surface area (Å²) in [4.78, 5) is 14.2. The molecule has 0 heterocycles. The Balaban J connectivity index is 0.000000583. The van der Waals surface area contributed by atoms with E-state index in [-0.39, 0.29) is 9.49 Å². The molecule has 4 rings (SSSR count). The first-order valence-corrected chi connectivity index (χ1v) is 41.9. The molecule has 1 aliphatic rings. The molecule has 0 N–H and O–H groups in total. The Hall–Kier alpha value is 0.300. The highest BCUT2D eigenvalue weighted by atomic mass is 35.5. The van der Waals surface area contributed by atoms with Gasteiger partial charge in [0, 0.05) is 87.1 Å². The van der Waals surface area contributed by atoms with Gasteiger partial charge in [-0.15, -0.1) is 23.5 Å². The fraction of sp³-hybridized carbons (Fsp3) is 0.588. The topological polar surface area (TPSA) is 119 Å². The first-order valence-electron chi connectivity index (χ1n) is 25.2. The molecule has 0 radical (unpaired) electrons. The number of rotatable bonds is 28. The summed E-state index contributed by atoms with van der Waals surface area (Å²) in [5, 5.41) is 0.456. The van der Waals surface area contributed by atoms with Gasteiger partial charge < -0.3 is 50.0 Å². The van der Waals surface area contributed by atoms with Crippen LogP contribution in [0, 0.1) is 47.4 Å². The van der Waals surface area contributed by atoms with Crippen molar-refractivity contribution in [3.63, 3.8) is 0 Å². The van der Waals surface area contributed by atoms with E-state index in [4.69, 9.17) is 109 Å². The van der Waals surface area contributed by atoms with E-state index in [2.05, 4.69) is 41.5 Å². The van der Waals surface area contributed by atoms with Crippen molar-refractivity contribution in [2.45, 2.75) is 122 Å². The zero-order valence-corrected chi connectivity index (χ0v) is 61.4. The van der Waals surface area contributed by atoms with Gasteiger partial charge in [-0.25, -0.2) is 17.6 Å². The van der Waals surface area contributed by atoms with Crippen molar-refractivity contribution in [2.24, 2.45) is 17.3 Å². The van der Waals surface area contributed by atoms with Gasteiger partial charge >= 0.3 is 25.6 Å². The van der Waals surface area contributed by atoms with Gasteiger partial charge in [-0.05, 0) is 118 Å². The second-order valence-electron chi connectivity index (χ2n) is 19.2. The lowest BCUT2D eigenvalue weighted by molar-refractivity contribution is -0.147. The van der Waals surface area contributed by atoms with Crippen molar-refractivity contribution in [1.29, 1.82) is 0 Å². The molecule has 12 nitrogen and oxygen atoms in total. The van der Waals surface area contributed by atoms with E-state index >= 15 is 0 Å². The number of ether oxygens (including phenoxy) is 1. The predicted octanol–water partition coefficient (Wildman–Crippen LogP) is 20.2. The third-order valence-electron chi connectivity index (χ3n) is 10.5. The van der Waals surface area contributed by atoms with E-state index in [0.29, 0.717) is 44.0 Å². The molecule has 33 heteroatoms. The van der Waals surface area contributed by atoms with E-state index in [0.717, 1.165) is 26.9 Å². The fourth-order valence-electron chi connectivity index (χ4n) is 6.06. The fourth-order valence-corrected chi connectivity index (χ4v) is 23.9. The van der Waals surface area contributed by atoms with Gasteiger partial charge in [0.05, 0.1) is 37.9 Å². The second kappa shape index (κ2) is 37.7. The lowest BCUT2D eigenvalue weighted by Gasteiger charge is -2.22. The van der Waals surface area contributed by atoms with Crippen LogP contribution in [0.2, 0.25) is 0 Å². The van der Waals surface area contributed by atoms with Crippen LogP contribution in [-0.2, 0) is 99.6 Å². The van der Waals surface area contributed by atoms with Crippen molar-refractivity contribution in [2.75, 3.05) is 65.0 Å². The van der Waals surface area contributed by atoms with Crippen molar-refractivity contribution in [3.05, 3.63) is 94.0 Å². The summed E-state index contributed by atoms with van der Waals surface area (Å²) in [5.74, 6) is -8.49. The maximum atomic E-state index is 13.8. The molecule has 3 aromatic rings. The van der Waals surface area contributed by atoms with E-state index < -0.39 is 100 Å². The minimum Gasteiger partial charge on any atom is -0.460 e. The summed E-state index contributed by atoms with van der Waals surface area (Å²) in [6.45, 7) is 20.8. The smallest absolute Gasteiger partial charge is 0.426 e. The molecule has 1 aliphatic carbocycles. The van der Waals surface area contributed by atoms with Crippen LogP contribution in [0.5, 0.6) is 11.5 Å².